The normalized spacial score (nSPS) is 14.2. The average molecular weight is 646 g/mol. The molecule has 0 unspecified atom stereocenters. The first-order chi connectivity index (χ1) is 24.5. The quantitative estimate of drug-likeness (QED) is 0.195. The molecule has 0 atom stereocenters. The van der Waals surface area contributed by atoms with Gasteiger partial charge in [0.2, 0.25) is 0 Å². The number of nitrogens with zero attached hydrogens (tertiary/aromatic N) is 2. The second-order valence-electron chi connectivity index (χ2n) is 13.9. The molecule has 0 saturated carbocycles. The van der Waals surface area contributed by atoms with Crippen molar-refractivity contribution in [3.63, 3.8) is 0 Å². The van der Waals surface area contributed by atoms with Gasteiger partial charge in [-0.05, 0) is 58.7 Å². The van der Waals surface area contributed by atoms with Gasteiger partial charge in [-0.15, -0.1) is 0 Å². The third kappa shape index (κ3) is 4.31. The summed E-state index contributed by atoms with van der Waals surface area (Å²) in [5.74, 6) is 1.65. The lowest BCUT2D eigenvalue weighted by molar-refractivity contribution is 0.481. The van der Waals surface area contributed by atoms with E-state index in [1.165, 1.54) is 61.0 Å². The van der Waals surface area contributed by atoms with E-state index in [9.17, 15) is 0 Å². The minimum absolute atomic E-state index is 0.0872. The lowest BCUT2D eigenvalue weighted by Crippen LogP contribution is -2.24. The zero-order valence-corrected chi connectivity index (χ0v) is 28.0. The van der Waals surface area contributed by atoms with Crippen LogP contribution in [0.1, 0.15) is 25.0 Å². The fourth-order valence-corrected chi connectivity index (χ4v) is 8.29. The first kappa shape index (κ1) is 28.7. The van der Waals surface area contributed by atoms with E-state index >= 15 is 0 Å². The van der Waals surface area contributed by atoms with Crippen LogP contribution in [0.3, 0.4) is 0 Å². The number of H-pyrrole nitrogens is 1. The van der Waals surface area contributed by atoms with Gasteiger partial charge in [0, 0.05) is 50.7 Å². The van der Waals surface area contributed by atoms with Gasteiger partial charge in [-0.2, -0.15) is 0 Å². The van der Waals surface area contributed by atoms with Gasteiger partial charge in [-0.3, -0.25) is 0 Å². The summed E-state index contributed by atoms with van der Waals surface area (Å²) in [6.07, 6.45) is 0. The van der Waals surface area contributed by atoms with Crippen molar-refractivity contribution < 1.29 is 4.74 Å². The van der Waals surface area contributed by atoms with E-state index in [1.807, 2.05) is 0 Å². The Morgan fingerprint density at radius 2 is 1.14 bits per heavy atom. The third-order valence-corrected chi connectivity index (χ3v) is 10.6. The summed E-state index contributed by atoms with van der Waals surface area (Å²) < 4.78 is 6.70. The van der Waals surface area contributed by atoms with E-state index < -0.39 is 0 Å². The maximum atomic E-state index is 6.70. The van der Waals surface area contributed by atoms with Gasteiger partial charge in [0.05, 0.1) is 22.6 Å². The summed E-state index contributed by atoms with van der Waals surface area (Å²) in [5, 5.41) is 2.67. The van der Waals surface area contributed by atoms with Crippen molar-refractivity contribution in [2.75, 3.05) is 16.5 Å². The Morgan fingerprint density at radius 3 is 1.86 bits per heavy atom. The summed E-state index contributed by atoms with van der Waals surface area (Å²) in [4.78, 5) is 8.51. The van der Waals surface area contributed by atoms with Crippen LogP contribution in [0.2, 0.25) is 0 Å². The fourth-order valence-electron chi connectivity index (χ4n) is 8.29. The van der Waals surface area contributed by atoms with E-state index in [-0.39, 0.29) is 5.41 Å². The minimum Gasteiger partial charge on any atom is -0.457 e. The van der Waals surface area contributed by atoms with Crippen LogP contribution in [0.25, 0.3) is 44.1 Å². The largest absolute Gasteiger partial charge is 0.457 e. The molecule has 0 amide bonds. The molecule has 2 aliphatic rings. The van der Waals surface area contributed by atoms with Crippen LogP contribution in [0.4, 0.5) is 22.7 Å². The molecule has 4 heteroatoms. The van der Waals surface area contributed by atoms with Crippen molar-refractivity contribution in [3.8, 4) is 33.8 Å². The van der Waals surface area contributed by atoms with E-state index in [2.05, 4.69) is 186 Å². The van der Waals surface area contributed by atoms with E-state index in [1.54, 1.807) is 0 Å². The number of nitrogens with one attached hydrogen (secondary N) is 1. The molecule has 1 aliphatic carbocycles. The van der Waals surface area contributed by atoms with E-state index in [4.69, 9.17) is 4.74 Å². The number of hydrogen-bond donors (Lipinski definition) is 1. The minimum atomic E-state index is -0.0872. The van der Waals surface area contributed by atoms with Crippen molar-refractivity contribution in [3.05, 3.63) is 169 Å². The molecule has 2 heterocycles. The highest BCUT2D eigenvalue weighted by molar-refractivity contribution is 6.15. The number of anilines is 4. The van der Waals surface area contributed by atoms with Crippen molar-refractivity contribution in [1.29, 1.82) is 0 Å². The molecule has 0 spiro atoms. The topological polar surface area (TPSA) is 31.5 Å². The van der Waals surface area contributed by atoms with Gasteiger partial charge < -0.3 is 19.5 Å². The van der Waals surface area contributed by atoms with Gasteiger partial charge in [0.1, 0.15) is 18.2 Å². The molecule has 1 aliphatic heterocycles. The predicted octanol–water partition coefficient (Wildman–Crippen LogP) is 12.3. The number of aromatic nitrogens is 1. The van der Waals surface area contributed by atoms with E-state index in [0.29, 0.717) is 6.67 Å². The summed E-state index contributed by atoms with van der Waals surface area (Å²) in [6, 6.07) is 56.3. The van der Waals surface area contributed by atoms with Crippen molar-refractivity contribution >= 4 is 44.6 Å². The monoisotopic (exact) mass is 645 g/mol. The predicted molar refractivity (Wildman–Crippen MR) is 207 cm³/mol. The highest BCUT2D eigenvalue weighted by Crippen LogP contribution is 2.52. The van der Waals surface area contributed by atoms with Gasteiger partial charge in [-0.25, -0.2) is 0 Å². The Morgan fingerprint density at radius 1 is 0.520 bits per heavy atom. The first-order valence-corrected chi connectivity index (χ1v) is 17.3. The molecule has 10 rings (SSSR count). The summed E-state index contributed by atoms with van der Waals surface area (Å²) in [5.41, 5.74) is 14.3. The van der Waals surface area contributed by atoms with E-state index in [0.717, 1.165) is 28.4 Å². The lowest BCUT2D eigenvalue weighted by atomic mass is 9.81. The highest BCUT2D eigenvalue weighted by atomic mass is 16.5. The van der Waals surface area contributed by atoms with Crippen LogP contribution in [0, 0.1) is 0 Å². The number of aromatic amines is 1. The molecule has 7 aromatic carbocycles. The number of para-hydroxylation sites is 3. The number of rotatable bonds is 6. The van der Waals surface area contributed by atoms with Crippen LogP contribution < -0.4 is 14.5 Å². The summed E-state index contributed by atoms with van der Waals surface area (Å²) in [7, 11) is 0. The van der Waals surface area contributed by atoms with Gasteiger partial charge in [0.25, 0.3) is 0 Å². The van der Waals surface area contributed by atoms with Crippen LogP contribution in [0.15, 0.2) is 158 Å². The highest BCUT2D eigenvalue weighted by Gasteiger charge is 2.36. The Kier molecular flexibility index (Phi) is 6.25. The fraction of sp³-hybridized carbons (Fsp3) is 0.0870. The molecular formula is C46H35N3O. The third-order valence-electron chi connectivity index (χ3n) is 10.6. The Hall–Kier alpha value is -6.26. The Bertz CT molecular complexity index is 2530. The van der Waals surface area contributed by atoms with Crippen molar-refractivity contribution in [2.45, 2.75) is 19.3 Å². The first-order valence-electron chi connectivity index (χ1n) is 17.3. The number of fused-ring (bicyclic) bond motifs is 1. The zero-order chi connectivity index (χ0) is 33.4. The smallest absolute Gasteiger partial charge is 0.129 e. The number of benzene rings is 7. The molecule has 50 heavy (non-hydrogen) atoms. The van der Waals surface area contributed by atoms with Gasteiger partial charge in [0.15, 0.2) is 0 Å². The second kappa shape index (κ2) is 10.9. The SMILES string of the molecule is CC1(C)c2cccc3[nH]c4cc(Oc5cccc(N6CN(c7c(-c8ccccc8)cccc7-c7ccccc7)c7ccccc76)c5)cc1c4c23. The van der Waals surface area contributed by atoms with Crippen LogP contribution in [0.5, 0.6) is 11.5 Å². The summed E-state index contributed by atoms with van der Waals surface area (Å²) in [6.45, 7) is 5.29. The summed E-state index contributed by atoms with van der Waals surface area (Å²) >= 11 is 0. The molecule has 0 fully saturated rings. The number of hydrogen-bond acceptors (Lipinski definition) is 3. The standard InChI is InChI=1S/C46H35N3O/c1-46(2)37-22-13-23-39-43(37)44-38(46)27-34(28-40(44)47-39)50-33-19-11-18-32(26-33)48-29-49(42-25-10-9-24-41(42)48)45-35(30-14-5-3-6-15-30)20-12-21-36(45)31-16-7-4-8-17-31/h3-28,47H,29H2,1-2H3. The number of ether oxygens (including phenoxy) is 1. The molecule has 8 aromatic rings. The molecule has 1 aromatic heterocycles. The molecule has 1 N–H and O–H groups in total. The molecule has 4 nitrogen and oxygen atoms in total. The zero-order valence-electron chi connectivity index (χ0n) is 28.0. The molecule has 0 saturated heterocycles. The molecule has 0 bridgehead atoms. The van der Waals surface area contributed by atoms with Crippen LogP contribution in [-0.2, 0) is 5.41 Å². The Labute approximate surface area is 291 Å². The van der Waals surface area contributed by atoms with Gasteiger partial charge in [-0.1, -0.05) is 123 Å². The van der Waals surface area contributed by atoms with Crippen molar-refractivity contribution in [1.82, 2.24) is 4.98 Å². The second-order valence-corrected chi connectivity index (χ2v) is 13.9. The van der Waals surface area contributed by atoms with Crippen LogP contribution >= 0.6 is 0 Å². The van der Waals surface area contributed by atoms with Gasteiger partial charge >= 0.3 is 0 Å². The van der Waals surface area contributed by atoms with Crippen molar-refractivity contribution in [2.24, 2.45) is 0 Å². The maximum Gasteiger partial charge on any atom is 0.129 e. The lowest BCUT2D eigenvalue weighted by Gasteiger charge is -2.27. The molecule has 0 radical (unpaired) electrons. The Balaban J connectivity index is 1.05. The molecule has 240 valence electrons. The van der Waals surface area contributed by atoms with Crippen LogP contribution in [-0.4, -0.2) is 11.7 Å². The molecular weight excluding hydrogens is 611 g/mol. The maximum absolute atomic E-state index is 6.70. The average Bonchev–Trinajstić information content (AvgIpc) is 3.80.